The van der Waals surface area contributed by atoms with Crippen molar-refractivity contribution in [1.29, 1.82) is 0 Å². The highest BCUT2D eigenvalue weighted by molar-refractivity contribution is 5.92. The Bertz CT molecular complexity index is 689. The average Bonchev–Trinajstić information content (AvgIpc) is 2.63. The van der Waals surface area contributed by atoms with Crippen molar-refractivity contribution in [3.8, 4) is 0 Å². The Kier molecular flexibility index (Phi) is 5.64. The molecule has 1 saturated carbocycles. The van der Waals surface area contributed by atoms with Crippen LogP contribution in [0.15, 0.2) is 36.4 Å². The molecule has 2 N–H and O–H groups in total. The number of nitrogens with zero attached hydrogens (tertiary/aromatic N) is 2. The van der Waals surface area contributed by atoms with Gasteiger partial charge in [0.25, 0.3) is 5.91 Å². The fourth-order valence-corrected chi connectivity index (χ4v) is 3.13. The number of rotatable bonds is 5. The maximum atomic E-state index is 12.2. The molecule has 0 aliphatic heterocycles. The zero-order chi connectivity index (χ0) is 17.6. The Hall–Kier alpha value is -2.43. The lowest BCUT2D eigenvalue weighted by Crippen LogP contribution is -2.36. The molecule has 132 valence electrons. The van der Waals surface area contributed by atoms with Crippen LogP contribution in [0.1, 0.15) is 67.9 Å². The smallest absolute Gasteiger partial charge is 0.272 e. The Morgan fingerprint density at radius 2 is 1.72 bits per heavy atom. The average molecular weight is 338 g/mol. The molecule has 2 aromatic rings. The molecule has 0 spiro atoms. The summed E-state index contributed by atoms with van der Waals surface area (Å²) in [5.41, 5.74) is 2.62. The summed E-state index contributed by atoms with van der Waals surface area (Å²) in [5, 5.41) is 14.5. The van der Waals surface area contributed by atoms with Crippen LogP contribution in [-0.2, 0) is 0 Å². The first-order valence-electron chi connectivity index (χ1n) is 9.13. The molecule has 1 aromatic carbocycles. The molecular weight excluding hydrogens is 312 g/mol. The van der Waals surface area contributed by atoms with Crippen LogP contribution in [0.2, 0.25) is 0 Å². The van der Waals surface area contributed by atoms with E-state index >= 15 is 0 Å². The van der Waals surface area contributed by atoms with Gasteiger partial charge in [-0.15, -0.1) is 10.2 Å². The van der Waals surface area contributed by atoms with Gasteiger partial charge in [0.15, 0.2) is 11.5 Å². The Labute approximate surface area is 149 Å². The van der Waals surface area contributed by atoms with Gasteiger partial charge < -0.3 is 10.6 Å². The molecule has 0 radical (unpaired) electrons. The van der Waals surface area contributed by atoms with E-state index in [1.807, 2.05) is 12.1 Å². The van der Waals surface area contributed by atoms with Gasteiger partial charge in [-0.05, 0) is 48.6 Å². The fraction of sp³-hybridized carbons (Fsp3) is 0.450. The van der Waals surface area contributed by atoms with E-state index in [9.17, 15) is 4.79 Å². The first kappa shape index (κ1) is 17.4. The van der Waals surface area contributed by atoms with Gasteiger partial charge in [-0.2, -0.15) is 0 Å². The van der Waals surface area contributed by atoms with Crippen LogP contribution in [0.4, 0.5) is 11.5 Å². The van der Waals surface area contributed by atoms with Crippen LogP contribution in [0.25, 0.3) is 0 Å². The minimum absolute atomic E-state index is 0.132. The van der Waals surface area contributed by atoms with Crippen LogP contribution in [-0.4, -0.2) is 22.1 Å². The third-order valence-corrected chi connectivity index (χ3v) is 4.69. The van der Waals surface area contributed by atoms with E-state index < -0.39 is 0 Å². The van der Waals surface area contributed by atoms with Crippen molar-refractivity contribution in [2.75, 3.05) is 5.32 Å². The number of amides is 1. The number of hydrogen-bond donors (Lipinski definition) is 2. The van der Waals surface area contributed by atoms with Crippen LogP contribution in [0.5, 0.6) is 0 Å². The zero-order valence-electron chi connectivity index (χ0n) is 15.0. The van der Waals surface area contributed by atoms with Gasteiger partial charge in [0.05, 0.1) is 0 Å². The minimum atomic E-state index is -0.132. The number of hydrogen-bond acceptors (Lipinski definition) is 4. The van der Waals surface area contributed by atoms with Crippen LogP contribution in [0.3, 0.4) is 0 Å². The summed E-state index contributed by atoms with van der Waals surface area (Å²) in [6.45, 7) is 4.34. The quantitative estimate of drug-likeness (QED) is 0.847. The summed E-state index contributed by atoms with van der Waals surface area (Å²) in [6.07, 6.45) is 5.77. The van der Waals surface area contributed by atoms with Crippen LogP contribution in [0, 0.1) is 0 Å². The summed E-state index contributed by atoms with van der Waals surface area (Å²) in [4.78, 5) is 12.2. The highest BCUT2D eigenvalue weighted by Crippen LogP contribution is 2.20. The number of carbonyl (C=O) groups is 1. The monoisotopic (exact) mass is 338 g/mol. The van der Waals surface area contributed by atoms with Gasteiger partial charge in [0, 0.05) is 11.7 Å². The third kappa shape index (κ3) is 4.78. The van der Waals surface area contributed by atoms with Gasteiger partial charge in [0.2, 0.25) is 0 Å². The predicted molar refractivity (Wildman–Crippen MR) is 100 cm³/mol. The van der Waals surface area contributed by atoms with E-state index in [4.69, 9.17) is 0 Å². The lowest BCUT2D eigenvalue weighted by atomic mass is 9.95. The molecule has 1 amide bonds. The summed E-state index contributed by atoms with van der Waals surface area (Å²) in [7, 11) is 0. The first-order chi connectivity index (χ1) is 12.1. The van der Waals surface area contributed by atoms with E-state index in [1.165, 1.54) is 24.8 Å². The summed E-state index contributed by atoms with van der Waals surface area (Å²) in [5.74, 6) is 1.01. The molecule has 0 unspecified atom stereocenters. The summed E-state index contributed by atoms with van der Waals surface area (Å²) in [6, 6.07) is 12.1. The van der Waals surface area contributed by atoms with Crippen molar-refractivity contribution in [2.24, 2.45) is 0 Å². The number of anilines is 2. The molecule has 25 heavy (non-hydrogen) atoms. The van der Waals surface area contributed by atoms with Crippen molar-refractivity contribution in [1.82, 2.24) is 15.5 Å². The largest absolute Gasteiger partial charge is 0.348 e. The zero-order valence-corrected chi connectivity index (χ0v) is 15.0. The topological polar surface area (TPSA) is 66.9 Å². The molecule has 1 heterocycles. The van der Waals surface area contributed by atoms with Crippen LogP contribution < -0.4 is 10.6 Å². The molecule has 0 atom stereocenters. The van der Waals surface area contributed by atoms with E-state index in [-0.39, 0.29) is 11.9 Å². The standard InChI is InChI=1S/C20H26N4O/c1-14(2)15-8-10-17(11-9-15)21-19-13-12-18(23-24-19)20(25)22-16-6-4-3-5-7-16/h8-14,16H,3-7H2,1-2H3,(H,21,24)(H,22,25). The molecule has 5 heteroatoms. The normalized spacial score (nSPS) is 15.2. The van der Waals surface area contributed by atoms with Gasteiger partial charge in [-0.1, -0.05) is 45.2 Å². The van der Waals surface area contributed by atoms with E-state index in [2.05, 4.69) is 46.8 Å². The molecule has 5 nitrogen and oxygen atoms in total. The Balaban J connectivity index is 1.58. The molecule has 1 aliphatic carbocycles. The fourth-order valence-electron chi connectivity index (χ4n) is 3.13. The van der Waals surface area contributed by atoms with Crippen molar-refractivity contribution in [3.05, 3.63) is 47.7 Å². The van der Waals surface area contributed by atoms with E-state index in [0.29, 0.717) is 17.4 Å². The molecule has 0 bridgehead atoms. The minimum Gasteiger partial charge on any atom is -0.348 e. The Morgan fingerprint density at radius 1 is 1.00 bits per heavy atom. The lowest BCUT2D eigenvalue weighted by Gasteiger charge is -2.22. The molecule has 1 aliphatic rings. The van der Waals surface area contributed by atoms with Crippen molar-refractivity contribution in [2.45, 2.75) is 57.9 Å². The second-order valence-corrected chi connectivity index (χ2v) is 7.01. The highest BCUT2D eigenvalue weighted by Gasteiger charge is 2.17. The summed E-state index contributed by atoms with van der Waals surface area (Å²) >= 11 is 0. The van der Waals surface area contributed by atoms with E-state index in [1.54, 1.807) is 12.1 Å². The molecule has 1 fully saturated rings. The molecule has 0 saturated heterocycles. The van der Waals surface area contributed by atoms with Gasteiger partial charge >= 0.3 is 0 Å². The maximum Gasteiger partial charge on any atom is 0.272 e. The maximum absolute atomic E-state index is 12.2. The second kappa shape index (κ2) is 8.10. The van der Waals surface area contributed by atoms with Crippen LogP contribution >= 0.6 is 0 Å². The van der Waals surface area contributed by atoms with Gasteiger partial charge in [-0.25, -0.2) is 0 Å². The highest BCUT2D eigenvalue weighted by atomic mass is 16.2. The number of nitrogens with one attached hydrogen (secondary N) is 2. The van der Waals surface area contributed by atoms with Crippen molar-refractivity contribution in [3.63, 3.8) is 0 Å². The third-order valence-electron chi connectivity index (χ3n) is 4.69. The number of carbonyl (C=O) groups excluding carboxylic acids is 1. The molecular formula is C20H26N4O. The molecule has 3 rings (SSSR count). The first-order valence-corrected chi connectivity index (χ1v) is 9.13. The van der Waals surface area contributed by atoms with Crippen molar-refractivity contribution < 1.29 is 4.79 Å². The molecule has 1 aromatic heterocycles. The van der Waals surface area contributed by atoms with Gasteiger partial charge in [-0.3, -0.25) is 4.79 Å². The Morgan fingerprint density at radius 3 is 2.32 bits per heavy atom. The lowest BCUT2D eigenvalue weighted by molar-refractivity contribution is 0.0921. The number of aromatic nitrogens is 2. The van der Waals surface area contributed by atoms with E-state index in [0.717, 1.165) is 18.5 Å². The summed E-state index contributed by atoms with van der Waals surface area (Å²) < 4.78 is 0. The predicted octanol–water partition coefficient (Wildman–Crippen LogP) is 4.41. The second-order valence-electron chi connectivity index (χ2n) is 7.01. The SMILES string of the molecule is CC(C)c1ccc(Nc2ccc(C(=O)NC3CCCCC3)nn2)cc1. The van der Waals surface area contributed by atoms with Crippen molar-refractivity contribution >= 4 is 17.4 Å². The van der Waals surface area contributed by atoms with Gasteiger partial charge in [0.1, 0.15) is 0 Å². The number of benzene rings is 1.